The molecule has 0 aliphatic carbocycles. The van der Waals surface area contributed by atoms with E-state index in [1.54, 1.807) is 30.2 Å². The number of hydrogen-bond donors (Lipinski definition) is 0. The Morgan fingerprint density at radius 2 is 1.85 bits per heavy atom. The summed E-state index contributed by atoms with van der Waals surface area (Å²) in [5.74, 6) is 2.74. The van der Waals surface area contributed by atoms with Crippen molar-refractivity contribution in [1.29, 1.82) is 5.26 Å². The van der Waals surface area contributed by atoms with Crippen LogP contribution in [0, 0.1) is 39.6 Å². The van der Waals surface area contributed by atoms with Crippen molar-refractivity contribution in [3.63, 3.8) is 0 Å². The molecule has 10 nitrogen and oxygen atoms in total. The van der Waals surface area contributed by atoms with Crippen LogP contribution in [-0.2, 0) is 13.1 Å². The zero-order valence-corrected chi connectivity index (χ0v) is 22.2. The number of terminal acetylenes is 1. The molecule has 0 atom stereocenters. The van der Waals surface area contributed by atoms with E-state index < -0.39 is 16.2 Å². The molecule has 11 heteroatoms. The van der Waals surface area contributed by atoms with E-state index >= 15 is 0 Å². The highest BCUT2D eigenvalue weighted by atomic mass is 19.1. The lowest BCUT2D eigenvalue weighted by Gasteiger charge is -2.36. The minimum absolute atomic E-state index is 0.0747. The Morgan fingerprint density at radius 1 is 1.12 bits per heavy atom. The van der Waals surface area contributed by atoms with E-state index in [2.05, 4.69) is 15.8 Å². The van der Waals surface area contributed by atoms with Gasteiger partial charge in [-0.3, -0.25) is 24.4 Å². The van der Waals surface area contributed by atoms with Crippen molar-refractivity contribution in [1.82, 2.24) is 14.5 Å². The number of hydrogen-bond acceptors (Lipinski definition) is 8. The van der Waals surface area contributed by atoms with E-state index in [0.717, 1.165) is 21.3 Å². The first-order chi connectivity index (χ1) is 19.9. The number of anilines is 1. The lowest BCUT2D eigenvalue weighted by atomic mass is 10.0. The summed E-state index contributed by atoms with van der Waals surface area (Å²) in [6, 6.07) is 17.0. The largest absolute Gasteiger partial charge is 0.496 e. The van der Waals surface area contributed by atoms with Gasteiger partial charge in [0, 0.05) is 43.9 Å². The Morgan fingerprint density at radius 3 is 2.49 bits per heavy atom. The van der Waals surface area contributed by atoms with Crippen molar-refractivity contribution in [2.45, 2.75) is 13.1 Å². The van der Waals surface area contributed by atoms with Crippen LogP contribution in [0.5, 0.6) is 5.75 Å². The monoisotopic (exact) mass is 552 g/mol. The highest BCUT2D eigenvalue weighted by Crippen LogP contribution is 2.36. The van der Waals surface area contributed by atoms with Gasteiger partial charge in [-0.2, -0.15) is 5.26 Å². The van der Waals surface area contributed by atoms with E-state index in [0.29, 0.717) is 44.0 Å². The molecule has 0 unspecified atom stereocenters. The molecule has 41 heavy (non-hydrogen) atoms. The van der Waals surface area contributed by atoms with Crippen LogP contribution in [0.4, 0.5) is 15.8 Å². The maximum Gasteiger partial charge on any atom is 0.359 e. The van der Waals surface area contributed by atoms with Gasteiger partial charge in [-0.1, -0.05) is 36.3 Å². The van der Waals surface area contributed by atoms with E-state index in [4.69, 9.17) is 11.2 Å². The van der Waals surface area contributed by atoms with Crippen LogP contribution in [0.2, 0.25) is 0 Å². The summed E-state index contributed by atoms with van der Waals surface area (Å²) in [5, 5.41) is 21.6. The predicted molar refractivity (Wildman–Crippen MR) is 152 cm³/mol. The highest BCUT2D eigenvalue weighted by Gasteiger charge is 2.32. The standard InChI is InChI=1S/C30H25FN6O4/c1-3-13-36-25-12-11-23(18-32)33-26(25)27(28(30(36)38)37(39)40)35-16-14-34(15-17-35)19-21-5-4-6-24(29(21)41-2)20-7-9-22(31)10-8-20/h1,4-12H,13-17,19H2,2H3. The zero-order chi connectivity index (χ0) is 29.1. The van der Waals surface area contributed by atoms with Crippen molar-refractivity contribution in [3.05, 3.63) is 92.1 Å². The van der Waals surface area contributed by atoms with Gasteiger partial charge in [0.2, 0.25) is 0 Å². The number of pyridine rings is 2. The third kappa shape index (κ3) is 5.19. The summed E-state index contributed by atoms with van der Waals surface area (Å²) in [7, 11) is 1.60. The lowest BCUT2D eigenvalue weighted by Crippen LogP contribution is -2.46. The molecule has 206 valence electrons. The fourth-order valence-corrected chi connectivity index (χ4v) is 5.25. The van der Waals surface area contributed by atoms with Gasteiger partial charge in [0.1, 0.15) is 28.8 Å². The number of fused-ring (bicyclic) bond motifs is 1. The number of methoxy groups -OCH3 is 1. The molecule has 1 aliphatic rings. The summed E-state index contributed by atoms with van der Waals surface area (Å²) < 4.78 is 20.4. The van der Waals surface area contributed by atoms with Crippen molar-refractivity contribution >= 4 is 22.4 Å². The lowest BCUT2D eigenvalue weighted by molar-refractivity contribution is -0.385. The molecule has 1 fully saturated rings. The van der Waals surface area contributed by atoms with Gasteiger partial charge in [-0.05, 0) is 29.8 Å². The summed E-state index contributed by atoms with van der Waals surface area (Å²) in [5.41, 5.74) is 1.88. The average molecular weight is 553 g/mol. The zero-order valence-electron chi connectivity index (χ0n) is 22.2. The minimum atomic E-state index is -0.813. The van der Waals surface area contributed by atoms with Crippen molar-refractivity contribution in [2.24, 2.45) is 0 Å². The van der Waals surface area contributed by atoms with Gasteiger partial charge in [-0.15, -0.1) is 6.42 Å². The van der Waals surface area contributed by atoms with Crippen LogP contribution in [0.3, 0.4) is 0 Å². The Hall–Kier alpha value is -5.26. The third-order valence-electron chi connectivity index (χ3n) is 7.15. The fourth-order valence-electron chi connectivity index (χ4n) is 5.25. The molecule has 5 rings (SSSR count). The van der Waals surface area contributed by atoms with Gasteiger partial charge in [0.25, 0.3) is 0 Å². The smallest absolute Gasteiger partial charge is 0.359 e. The summed E-state index contributed by atoms with van der Waals surface area (Å²) in [6.07, 6.45) is 5.44. The Bertz CT molecular complexity index is 1780. The van der Waals surface area contributed by atoms with Gasteiger partial charge >= 0.3 is 11.2 Å². The van der Waals surface area contributed by atoms with Crippen LogP contribution in [-0.4, -0.2) is 52.7 Å². The molecule has 0 amide bonds. The first-order valence-corrected chi connectivity index (χ1v) is 12.8. The molecule has 2 aromatic heterocycles. The van der Waals surface area contributed by atoms with Gasteiger partial charge in [0.05, 0.1) is 24.1 Å². The Labute approximate surface area is 235 Å². The van der Waals surface area contributed by atoms with Crippen molar-refractivity contribution in [2.75, 3.05) is 38.2 Å². The average Bonchev–Trinajstić information content (AvgIpc) is 2.98. The van der Waals surface area contributed by atoms with E-state index in [-0.39, 0.29) is 29.3 Å². The molecule has 0 radical (unpaired) electrons. The number of aromatic nitrogens is 2. The predicted octanol–water partition coefficient (Wildman–Crippen LogP) is 3.95. The number of halogens is 1. The second-order valence-electron chi connectivity index (χ2n) is 9.49. The molecule has 4 aromatic rings. The molecule has 0 bridgehead atoms. The van der Waals surface area contributed by atoms with Gasteiger partial charge in [0.15, 0.2) is 5.69 Å². The maximum atomic E-state index is 13.5. The second-order valence-corrected chi connectivity index (χ2v) is 9.49. The van der Waals surface area contributed by atoms with E-state index in [9.17, 15) is 24.6 Å². The molecule has 1 saturated heterocycles. The summed E-state index contributed by atoms with van der Waals surface area (Å²) >= 11 is 0. The highest BCUT2D eigenvalue weighted by molar-refractivity contribution is 5.94. The first kappa shape index (κ1) is 27.3. The van der Waals surface area contributed by atoms with Crippen molar-refractivity contribution in [3.8, 4) is 35.3 Å². The molecular weight excluding hydrogens is 527 g/mol. The van der Waals surface area contributed by atoms with Gasteiger partial charge in [-0.25, -0.2) is 9.37 Å². The topological polar surface area (TPSA) is 118 Å². The first-order valence-electron chi connectivity index (χ1n) is 12.8. The number of nitrogens with zero attached hydrogens (tertiary/aromatic N) is 6. The van der Waals surface area contributed by atoms with Gasteiger partial charge < -0.3 is 9.64 Å². The van der Waals surface area contributed by atoms with Crippen LogP contribution >= 0.6 is 0 Å². The molecule has 0 spiro atoms. The molecule has 0 N–H and O–H groups in total. The Balaban J connectivity index is 1.46. The number of para-hydroxylation sites is 1. The molecular formula is C30H25FN6O4. The fraction of sp³-hybridized carbons (Fsp3) is 0.233. The van der Waals surface area contributed by atoms with Crippen molar-refractivity contribution < 1.29 is 14.1 Å². The molecule has 3 heterocycles. The number of piperazine rings is 1. The van der Waals surface area contributed by atoms with Crippen LogP contribution < -0.4 is 15.2 Å². The summed E-state index contributed by atoms with van der Waals surface area (Å²) in [6.45, 7) is 2.22. The van der Waals surface area contributed by atoms with E-state index in [1.165, 1.54) is 18.2 Å². The second kappa shape index (κ2) is 11.5. The number of ether oxygens (including phenoxy) is 1. The van der Waals surface area contributed by atoms with Crippen LogP contribution in [0.25, 0.3) is 22.2 Å². The van der Waals surface area contributed by atoms with Crippen LogP contribution in [0.15, 0.2) is 59.4 Å². The quantitative estimate of drug-likeness (QED) is 0.192. The maximum absolute atomic E-state index is 13.5. The normalized spacial score (nSPS) is 13.5. The minimum Gasteiger partial charge on any atom is -0.496 e. The molecule has 0 saturated carbocycles. The number of nitriles is 1. The van der Waals surface area contributed by atoms with E-state index in [1.807, 2.05) is 24.3 Å². The Kier molecular flexibility index (Phi) is 7.64. The number of rotatable bonds is 7. The summed E-state index contributed by atoms with van der Waals surface area (Å²) in [4.78, 5) is 33.0. The molecule has 2 aromatic carbocycles. The number of nitro groups is 1. The van der Waals surface area contributed by atoms with Crippen LogP contribution in [0.1, 0.15) is 11.3 Å². The SMILES string of the molecule is C#CCn1c(=O)c([N+](=O)[O-])c(N2CCN(Cc3cccc(-c4ccc(F)cc4)c3OC)CC2)c2nc(C#N)ccc21. The molecule has 1 aliphatic heterocycles. The number of benzene rings is 2. The third-order valence-corrected chi connectivity index (χ3v) is 7.15.